The van der Waals surface area contributed by atoms with Gasteiger partial charge in [0, 0.05) is 20.1 Å². The molecule has 1 aliphatic heterocycles. The molecule has 0 bridgehead atoms. The lowest BCUT2D eigenvalue weighted by Crippen LogP contribution is -2.42. The molecule has 2 aliphatic rings. The molecule has 118 valence electrons. The molecular weight excluding hydrogens is 244 g/mol. The Balaban J connectivity index is 2.30. The van der Waals surface area contributed by atoms with E-state index in [1.807, 2.05) is 0 Å². The lowest BCUT2D eigenvalue weighted by Gasteiger charge is -2.34. The van der Waals surface area contributed by atoms with E-state index in [0.717, 1.165) is 17.8 Å². The third kappa shape index (κ3) is 2.23. The van der Waals surface area contributed by atoms with Gasteiger partial charge in [-0.1, -0.05) is 53.9 Å². The highest BCUT2D eigenvalue weighted by atomic mass is 15.5. The second-order valence-corrected chi connectivity index (χ2v) is 7.86. The van der Waals surface area contributed by atoms with E-state index in [1.54, 1.807) is 0 Å². The molecule has 1 saturated heterocycles. The summed E-state index contributed by atoms with van der Waals surface area (Å²) >= 11 is 0. The minimum Gasteiger partial charge on any atom is -0.255 e. The molecule has 2 fully saturated rings. The zero-order valence-corrected chi connectivity index (χ0v) is 14.6. The highest BCUT2D eigenvalue weighted by Gasteiger charge is 2.75. The molecule has 20 heavy (non-hydrogen) atoms. The molecule has 4 atom stereocenters. The highest BCUT2D eigenvalue weighted by molar-refractivity contribution is 5.23. The smallest absolute Gasteiger partial charge is 0.0169 e. The summed E-state index contributed by atoms with van der Waals surface area (Å²) in [7, 11) is 2.22. The molecule has 4 unspecified atom stereocenters. The minimum atomic E-state index is 0.524. The van der Waals surface area contributed by atoms with Gasteiger partial charge in [0.1, 0.15) is 0 Å². The Kier molecular flexibility index (Phi) is 4.86. The Bertz CT molecular complexity index is 327. The van der Waals surface area contributed by atoms with Crippen LogP contribution in [0, 0.1) is 28.6 Å². The van der Waals surface area contributed by atoms with Crippen molar-refractivity contribution < 1.29 is 0 Å². The van der Waals surface area contributed by atoms with Crippen molar-refractivity contribution in [2.45, 2.75) is 66.7 Å². The van der Waals surface area contributed by atoms with Gasteiger partial charge in [0.05, 0.1) is 0 Å². The molecule has 0 spiro atoms. The zero-order chi connectivity index (χ0) is 15.0. The van der Waals surface area contributed by atoms with Crippen molar-refractivity contribution in [3.05, 3.63) is 0 Å². The number of hydrogen-bond donors (Lipinski definition) is 1. The van der Waals surface area contributed by atoms with Crippen LogP contribution in [0.15, 0.2) is 0 Å². The van der Waals surface area contributed by atoms with Crippen LogP contribution in [0.5, 0.6) is 0 Å². The monoisotopic (exact) mass is 280 g/mol. The van der Waals surface area contributed by atoms with Crippen LogP contribution in [0.4, 0.5) is 0 Å². The second-order valence-electron chi connectivity index (χ2n) is 7.86. The van der Waals surface area contributed by atoms with E-state index in [9.17, 15) is 0 Å². The fraction of sp³-hybridized carbons (Fsp3) is 1.00. The van der Waals surface area contributed by atoms with Crippen molar-refractivity contribution in [2.24, 2.45) is 28.6 Å². The van der Waals surface area contributed by atoms with Gasteiger partial charge in [-0.3, -0.25) is 5.43 Å². The van der Waals surface area contributed by atoms with Crippen LogP contribution < -0.4 is 5.43 Å². The lowest BCUT2D eigenvalue weighted by atomic mass is 9.73. The van der Waals surface area contributed by atoms with Crippen molar-refractivity contribution in [1.82, 2.24) is 10.4 Å². The molecule has 2 rings (SSSR count). The fourth-order valence-corrected chi connectivity index (χ4v) is 5.83. The van der Waals surface area contributed by atoms with E-state index in [0.29, 0.717) is 10.8 Å². The van der Waals surface area contributed by atoms with E-state index >= 15 is 0 Å². The predicted octanol–water partition coefficient (Wildman–Crippen LogP) is 4.32. The lowest BCUT2D eigenvalue weighted by molar-refractivity contribution is 0.135. The van der Waals surface area contributed by atoms with Crippen molar-refractivity contribution in [2.75, 3.05) is 20.1 Å². The van der Waals surface area contributed by atoms with E-state index < -0.39 is 0 Å². The van der Waals surface area contributed by atoms with Crippen molar-refractivity contribution in [3.63, 3.8) is 0 Å². The molecule has 1 aliphatic carbocycles. The van der Waals surface area contributed by atoms with Gasteiger partial charge in [0.15, 0.2) is 0 Å². The Hall–Kier alpha value is -0.0800. The van der Waals surface area contributed by atoms with Gasteiger partial charge >= 0.3 is 0 Å². The maximum Gasteiger partial charge on any atom is 0.0169 e. The van der Waals surface area contributed by atoms with Gasteiger partial charge in [-0.15, -0.1) is 0 Å². The molecule has 1 heterocycles. The molecule has 0 aromatic heterocycles. The maximum absolute atomic E-state index is 3.74. The largest absolute Gasteiger partial charge is 0.255 e. The van der Waals surface area contributed by atoms with E-state index in [2.05, 4.69) is 52.1 Å². The van der Waals surface area contributed by atoms with Gasteiger partial charge in [0.2, 0.25) is 0 Å². The van der Waals surface area contributed by atoms with Gasteiger partial charge in [-0.25, -0.2) is 5.01 Å². The normalized spacial score (nSPS) is 40.6. The van der Waals surface area contributed by atoms with Crippen LogP contribution in [0.3, 0.4) is 0 Å². The average Bonchev–Trinajstić information content (AvgIpc) is 2.90. The first-order chi connectivity index (χ1) is 9.43. The van der Waals surface area contributed by atoms with E-state index in [4.69, 9.17) is 0 Å². The van der Waals surface area contributed by atoms with Gasteiger partial charge in [-0.2, -0.15) is 0 Å². The molecule has 2 nitrogen and oxygen atoms in total. The number of fused-ring (bicyclic) bond motifs is 1. The molecule has 1 saturated carbocycles. The first kappa shape index (κ1) is 16.3. The average molecular weight is 280 g/mol. The Morgan fingerprint density at radius 2 is 1.90 bits per heavy atom. The number of hydrogen-bond acceptors (Lipinski definition) is 2. The van der Waals surface area contributed by atoms with Crippen LogP contribution in [0.2, 0.25) is 0 Å². The molecule has 2 heteroatoms. The Morgan fingerprint density at radius 1 is 1.20 bits per heavy atom. The number of hydrazine groups is 1. The van der Waals surface area contributed by atoms with E-state index in [1.165, 1.54) is 45.2 Å². The summed E-state index contributed by atoms with van der Waals surface area (Å²) in [6.07, 6.45) is 6.87. The number of nitrogens with one attached hydrogen (secondary N) is 1. The maximum atomic E-state index is 3.74. The molecule has 0 radical (unpaired) electrons. The third-order valence-electron chi connectivity index (χ3n) is 6.94. The van der Waals surface area contributed by atoms with Crippen LogP contribution in [0.1, 0.15) is 66.7 Å². The van der Waals surface area contributed by atoms with Crippen LogP contribution in [0.25, 0.3) is 0 Å². The molecule has 0 aromatic carbocycles. The minimum absolute atomic E-state index is 0.524. The standard InChI is InChI=1S/C18H36N2/c1-7-10-15(4)18-13-19-20(6)12-9-8-11-17(18,14(2)3)16(18)5/h14-16,19H,7-13H2,1-6H3. The predicted molar refractivity (Wildman–Crippen MR) is 87.4 cm³/mol. The summed E-state index contributed by atoms with van der Waals surface area (Å²) in [5, 5.41) is 2.34. The quantitative estimate of drug-likeness (QED) is 0.825. The Morgan fingerprint density at radius 3 is 2.50 bits per heavy atom. The summed E-state index contributed by atoms with van der Waals surface area (Å²) in [6.45, 7) is 14.7. The number of nitrogens with zero attached hydrogens (tertiary/aromatic N) is 1. The van der Waals surface area contributed by atoms with Crippen LogP contribution in [-0.4, -0.2) is 25.1 Å². The van der Waals surface area contributed by atoms with Crippen molar-refractivity contribution in [3.8, 4) is 0 Å². The highest BCUT2D eigenvalue weighted by Crippen LogP contribution is 2.78. The zero-order valence-electron chi connectivity index (χ0n) is 14.6. The summed E-state index contributed by atoms with van der Waals surface area (Å²) in [6, 6.07) is 0. The van der Waals surface area contributed by atoms with Crippen LogP contribution in [-0.2, 0) is 0 Å². The molecule has 0 aromatic rings. The number of rotatable bonds is 4. The topological polar surface area (TPSA) is 15.3 Å². The summed E-state index contributed by atoms with van der Waals surface area (Å²) < 4.78 is 0. The van der Waals surface area contributed by atoms with Gasteiger partial charge in [-0.05, 0) is 41.4 Å². The first-order valence-corrected chi connectivity index (χ1v) is 8.88. The molecule has 0 amide bonds. The van der Waals surface area contributed by atoms with Crippen molar-refractivity contribution >= 4 is 0 Å². The first-order valence-electron chi connectivity index (χ1n) is 8.88. The summed E-state index contributed by atoms with van der Waals surface area (Å²) in [4.78, 5) is 0. The van der Waals surface area contributed by atoms with Crippen LogP contribution >= 0.6 is 0 Å². The SMILES string of the molecule is CCCC(C)C12CNN(C)CCCCC1(C(C)C)C2C. The molecule has 1 N–H and O–H groups in total. The van der Waals surface area contributed by atoms with E-state index in [-0.39, 0.29) is 0 Å². The molecular formula is C18H36N2. The van der Waals surface area contributed by atoms with Gasteiger partial charge in [0.25, 0.3) is 0 Å². The third-order valence-corrected chi connectivity index (χ3v) is 6.94. The fourth-order valence-electron chi connectivity index (χ4n) is 5.83. The second kappa shape index (κ2) is 5.96. The summed E-state index contributed by atoms with van der Waals surface area (Å²) in [5.74, 6) is 2.52. The van der Waals surface area contributed by atoms with Crippen molar-refractivity contribution in [1.29, 1.82) is 0 Å². The van der Waals surface area contributed by atoms with Gasteiger partial charge < -0.3 is 0 Å². The Labute approximate surface area is 126 Å². The summed E-state index contributed by atoms with van der Waals surface area (Å²) in [5.41, 5.74) is 4.85.